The van der Waals surface area contributed by atoms with Gasteiger partial charge in [0.15, 0.2) is 0 Å². The number of anilines is 3. The zero-order chi connectivity index (χ0) is 30.0. The Labute approximate surface area is 247 Å². The predicted molar refractivity (Wildman–Crippen MR) is 162 cm³/mol. The summed E-state index contributed by atoms with van der Waals surface area (Å²) in [5.41, 5.74) is 3.84. The van der Waals surface area contributed by atoms with Gasteiger partial charge in [0.2, 0.25) is 10.0 Å². The van der Waals surface area contributed by atoms with Crippen LogP contribution in [0.15, 0.2) is 53.6 Å². The standard InChI is InChI=1S/C30H36N8O3S/c1-20-17-21(2)28(34-24-10-13-36(14-11-24)25-8-5-4-7-23(25)18-31)35-27(20)30(39)38-16-15-37(19-22(38)3)29-26(42(32,40)41)9-6-12-33-29/h4-9,12,17,22,24H,10-11,13-16,19H2,1-3H3,(H,34,35)(H2,32,40,41)/t22-/m0/s1. The Morgan fingerprint density at radius 2 is 1.79 bits per heavy atom. The second kappa shape index (κ2) is 12.0. The van der Waals surface area contributed by atoms with Crippen molar-refractivity contribution < 1.29 is 13.2 Å². The zero-order valence-corrected chi connectivity index (χ0v) is 24.9. The number of rotatable bonds is 6. The molecule has 3 N–H and O–H groups in total. The number of carbonyl (C=O) groups excluding carboxylic acids is 1. The second-order valence-corrected chi connectivity index (χ2v) is 12.5. The van der Waals surface area contributed by atoms with Crippen LogP contribution < -0.4 is 20.3 Å². The van der Waals surface area contributed by atoms with E-state index in [-0.39, 0.29) is 22.9 Å². The van der Waals surface area contributed by atoms with Crippen LogP contribution in [0, 0.1) is 25.2 Å². The summed E-state index contributed by atoms with van der Waals surface area (Å²) in [6.07, 6.45) is 3.30. The van der Waals surface area contributed by atoms with E-state index in [1.807, 2.05) is 56.0 Å². The van der Waals surface area contributed by atoms with E-state index in [1.54, 1.807) is 11.0 Å². The van der Waals surface area contributed by atoms with Gasteiger partial charge in [-0.2, -0.15) is 5.26 Å². The first-order valence-electron chi connectivity index (χ1n) is 14.1. The Morgan fingerprint density at radius 3 is 2.48 bits per heavy atom. The van der Waals surface area contributed by atoms with Gasteiger partial charge in [-0.3, -0.25) is 4.79 Å². The number of nitriles is 1. The van der Waals surface area contributed by atoms with Crippen molar-refractivity contribution in [2.45, 2.75) is 50.6 Å². The Kier molecular flexibility index (Phi) is 8.34. The van der Waals surface area contributed by atoms with Crippen molar-refractivity contribution in [1.29, 1.82) is 5.26 Å². The normalized spacial score (nSPS) is 18.1. The number of nitrogens with one attached hydrogen (secondary N) is 1. The Bertz CT molecular complexity index is 1630. The van der Waals surface area contributed by atoms with E-state index in [0.717, 1.165) is 42.7 Å². The van der Waals surface area contributed by atoms with E-state index in [1.165, 1.54) is 12.3 Å². The lowest BCUT2D eigenvalue weighted by Gasteiger charge is -2.40. The number of primary sulfonamides is 1. The molecular weight excluding hydrogens is 552 g/mol. The van der Waals surface area contributed by atoms with E-state index >= 15 is 0 Å². The molecule has 220 valence electrons. The maximum absolute atomic E-state index is 13.8. The number of piperidine rings is 1. The van der Waals surface area contributed by atoms with Gasteiger partial charge in [-0.15, -0.1) is 0 Å². The molecule has 2 fully saturated rings. The van der Waals surface area contributed by atoms with Gasteiger partial charge in [-0.05, 0) is 69.0 Å². The molecule has 2 aliphatic rings. The van der Waals surface area contributed by atoms with Crippen molar-refractivity contribution in [2.75, 3.05) is 47.8 Å². The second-order valence-electron chi connectivity index (χ2n) is 11.0. The number of aryl methyl sites for hydroxylation is 2. The third kappa shape index (κ3) is 6.03. The first-order valence-corrected chi connectivity index (χ1v) is 15.6. The van der Waals surface area contributed by atoms with Crippen LogP contribution in [-0.2, 0) is 10.0 Å². The molecule has 2 saturated heterocycles. The molecule has 4 heterocycles. The molecule has 0 aliphatic carbocycles. The fourth-order valence-corrected chi connectivity index (χ4v) is 6.55. The summed E-state index contributed by atoms with van der Waals surface area (Å²) < 4.78 is 24.2. The summed E-state index contributed by atoms with van der Waals surface area (Å²) in [7, 11) is -3.94. The van der Waals surface area contributed by atoms with Crippen molar-refractivity contribution in [3.8, 4) is 6.07 Å². The SMILES string of the molecule is Cc1cc(C)c(C(=O)N2CCN(c3ncccc3S(N)(=O)=O)C[C@@H]2C)nc1NC1CCN(c2ccccc2C#N)CC1. The summed E-state index contributed by atoms with van der Waals surface area (Å²) in [4.78, 5) is 28.7. The van der Waals surface area contributed by atoms with E-state index in [0.29, 0.717) is 42.5 Å². The number of piperazine rings is 1. The molecule has 2 aromatic heterocycles. The molecule has 1 aromatic carbocycles. The Morgan fingerprint density at radius 1 is 1.05 bits per heavy atom. The van der Waals surface area contributed by atoms with E-state index in [4.69, 9.17) is 10.1 Å². The maximum Gasteiger partial charge on any atom is 0.273 e. The highest BCUT2D eigenvalue weighted by molar-refractivity contribution is 7.89. The molecule has 1 atom stereocenters. The quantitative estimate of drug-likeness (QED) is 0.443. The molecule has 12 heteroatoms. The molecule has 2 aliphatic heterocycles. The summed E-state index contributed by atoms with van der Waals surface area (Å²) >= 11 is 0. The van der Waals surface area contributed by atoms with E-state index < -0.39 is 10.0 Å². The molecule has 0 bridgehead atoms. The van der Waals surface area contributed by atoms with Crippen LogP contribution in [0.2, 0.25) is 0 Å². The summed E-state index contributed by atoms with van der Waals surface area (Å²) in [6.45, 7) is 8.68. The van der Waals surface area contributed by atoms with Crippen molar-refractivity contribution in [1.82, 2.24) is 14.9 Å². The van der Waals surface area contributed by atoms with Crippen molar-refractivity contribution in [3.05, 3.63) is 71.0 Å². The lowest BCUT2D eigenvalue weighted by atomic mass is 10.0. The lowest BCUT2D eigenvalue weighted by Crippen LogP contribution is -2.54. The fraction of sp³-hybridized carbons (Fsp3) is 0.400. The maximum atomic E-state index is 13.8. The minimum absolute atomic E-state index is 0.0242. The number of hydrogen-bond acceptors (Lipinski definition) is 9. The van der Waals surface area contributed by atoms with Gasteiger partial charge in [0.25, 0.3) is 5.91 Å². The van der Waals surface area contributed by atoms with Crippen LogP contribution in [-0.4, -0.2) is 74.0 Å². The number of benzene rings is 1. The minimum Gasteiger partial charge on any atom is -0.370 e. The van der Waals surface area contributed by atoms with Crippen LogP contribution in [0.1, 0.15) is 46.9 Å². The Hall–Kier alpha value is -4.21. The topological polar surface area (TPSA) is 149 Å². The van der Waals surface area contributed by atoms with Crippen LogP contribution in [0.5, 0.6) is 0 Å². The number of sulfonamides is 1. The number of para-hydroxylation sites is 1. The van der Waals surface area contributed by atoms with Crippen molar-refractivity contribution in [2.24, 2.45) is 5.14 Å². The highest BCUT2D eigenvalue weighted by atomic mass is 32.2. The van der Waals surface area contributed by atoms with Gasteiger partial charge in [-0.1, -0.05) is 18.2 Å². The summed E-state index contributed by atoms with van der Waals surface area (Å²) in [6, 6.07) is 14.9. The number of amides is 1. The average Bonchev–Trinajstić information content (AvgIpc) is 2.98. The highest BCUT2D eigenvalue weighted by Crippen LogP contribution is 2.28. The largest absolute Gasteiger partial charge is 0.370 e. The number of pyridine rings is 2. The van der Waals surface area contributed by atoms with Gasteiger partial charge < -0.3 is 20.0 Å². The molecule has 11 nitrogen and oxygen atoms in total. The van der Waals surface area contributed by atoms with Gasteiger partial charge in [-0.25, -0.2) is 23.5 Å². The molecule has 1 amide bonds. The van der Waals surface area contributed by atoms with Gasteiger partial charge in [0, 0.05) is 51.0 Å². The Balaban J connectivity index is 1.27. The smallest absolute Gasteiger partial charge is 0.273 e. The number of carbonyl (C=O) groups is 1. The number of nitrogens with zero attached hydrogens (tertiary/aromatic N) is 6. The third-order valence-corrected chi connectivity index (χ3v) is 8.98. The molecule has 0 spiro atoms. The lowest BCUT2D eigenvalue weighted by molar-refractivity contribution is 0.0666. The van der Waals surface area contributed by atoms with Crippen molar-refractivity contribution in [3.63, 3.8) is 0 Å². The number of hydrogen-bond donors (Lipinski definition) is 2. The first kappa shape index (κ1) is 29.3. The van der Waals surface area contributed by atoms with Crippen LogP contribution >= 0.6 is 0 Å². The molecule has 3 aromatic rings. The molecule has 5 rings (SSSR count). The van der Waals surface area contributed by atoms with Crippen LogP contribution in [0.25, 0.3) is 0 Å². The molecule has 42 heavy (non-hydrogen) atoms. The molecule has 0 radical (unpaired) electrons. The van der Waals surface area contributed by atoms with Gasteiger partial charge >= 0.3 is 0 Å². The van der Waals surface area contributed by atoms with Gasteiger partial charge in [0.05, 0.1) is 11.3 Å². The third-order valence-electron chi connectivity index (χ3n) is 8.05. The molecule has 0 unspecified atom stereocenters. The highest BCUT2D eigenvalue weighted by Gasteiger charge is 2.32. The number of aromatic nitrogens is 2. The monoisotopic (exact) mass is 588 g/mol. The minimum atomic E-state index is -3.94. The average molecular weight is 589 g/mol. The predicted octanol–water partition coefficient (Wildman–Crippen LogP) is 3.04. The zero-order valence-electron chi connectivity index (χ0n) is 24.1. The first-order chi connectivity index (χ1) is 20.1. The molecular formula is C30H36N8O3S. The van der Waals surface area contributed by atoms with E-state index in [2.05, 4.69) is 21.3 Å². The van der Waals surface area contributed by atoms with E-state index in [9.17, 15) is 18.5 Å². The van der Waals surface area contributed by atoms with Gasteiger partial charge in [0.1, 0.15) is 28.3 Å². The van der Waals surface area contributed by atoms with Crippen LogP contribution in [0.4, 0.5) is 17.3 Å². The number of nitrogens with two attached hydrogens (primary N) is 1. The molecule has 0 saturated carbocycles. The summed E-state index contributed by atoms with van der Waals surface area (Å²) in [5, 5.41) is 18.5. The van der Waals surface area contributed by atoms with Crippen molar-refractivity contribution >= 4 is 33.3 Å². The summed E-state index contributed by atoms with van der Waals surface area (Å²) in [5.74, 6) is 0.855. The van der Waals surface area contributed by atoms with Crippen LogP contribution in [0.3, 0.4) is 0 Å². The fourth-order valence-electron chi connectivity index (χ4n) is 5.84.